The number of rotatable bonds is 8. The number of hydrogen-bond donors (Lipinski definition) is 1. The molecule has 3 atom stereocenters. The fourth-order valence-electron chi connectivity index (χ4n) is 7.55. The number of piperidine rings is 1. The van der Waals surface area contributed by atoms with Crippen LogP contribution in [0.15, 0.2) is 65.9 Å². The highest BCUT2D eigenvalue weighted by atomic mass is 35.5. The number of carbonyl (C=O) groups is 2. The van der Waals surface area contributed by atoms with E-state index in [0.29, 0.717) is 36.0 Å². The molecule has 1 saturated heterocycles. The first-order chi connectivity index (χ1) is 26.1. The summed E-state index contributed by atoms with van der Waals surface area (Å²) < 4.78 is 4.06. The molecule has 6 heterocycles. The molecule has 0 aliphatic carbocycles. The number of carbonyl (C=O) groups excluding carboxylic acids is 2. The Kier molecular flexibility index (Phi) is 9.81. The van der Waals surface area contributed by atoms with Gasteiger partial charge < -0.3 is 10.2 Å². The van der Waals surface area contributed by atoms with Gasteiger partial charge in [0.25, 0.3) is 5.91 Å². The van der Waals surface area contributed by atoms with Crippen LogP contribution in [0.2, 0.25) is 5.02 Å². The predicted molar refractivity (Wildman–Crippen MR) is 212 cm³/mol. The van der Waals surface area contributed by atoms with Crippen molar-refractivity contribution in [1.29, 1.82) is 0 Å². The largest absolute Gasteiger partial charge is 0.352 e. The first-order valence-corrected chi connectivity index (χ1v) is 19.7. The van der Waals surface area contributed by atoms with Gasteiger partial charge in [-0.25, -0.2) is 0 Å². The summed E-state index contributed by atoms with van der Waals surface area (Å²) in [6.45, 7) is 9.98. The summed E-state index contributed by atoms with van der Waals surface area (Å²) in [7, 11) is 0. The molecule has 1 N–H and O–H groups in total. The van der Waals surface area contributed by atoms with Crippen molar-refractivity contribution in [1.82, 2.24) is 34.8 Å². The van der Waals surface area contributed by atoms with Gasteiger partial charge in [-0.1, -0.05) is 66.8 Å². The van der Waals surface area contributed by atoms with Gasteiger partial charge in [0.2, 0.25) is 5.91 Å². The molecule has 0 spiro atoms. The van der Waals surface area contributed by atoms with E-state index in [2.05, 4.69) is 69.1 Å². The summed E-state index contributed by atoms with van der Waals surface area (Å²) in [5, 5.41) is 18.1. The lowest BCUT2D eigenvalue weighted by atomic mass is 9.99. The fraction of sp³-hybridized carbons (Fsp3) is 0.333. The standard InChI is InChI=1S/C42H41ClN8O2S/c1-25(10-13-30-8-5-9-33-34(30)24-50(41(33)53)35-18-11-26(2)46-40(35)52)7-6-20-49-23-29(21-45-49)12-19-36-27(3)38-39(31-14-16-32(43)17-15-31)44-22-37-48-47-28(4)51(37)42(38)54-36/h5,8-10,13-17,21,23,25-26,35H,6-7,11,18,20,22,24H2,1-4H3,(H,46,52)/b13-10+. The second-order valence-corrected chi connectivity index (χ2v) is 15.9. The van der Waals surface area contributed by atoms with E-state index in [-0.39, 0.29) is 17.9 Å². The van der Waals surface area contributed by atoms with E-state index in [1.54, 1.807) is 16.2 Å². The van der Waals surface area contributed by atoms with Gasteiger partial charge in [-0.2, -0.15) is 5.10 Å². The fourth-order valence-corrected chi connectivity index (χ4v) is 8.91. The summed E-state index contributed by atoms with van der Waals surface area (Å²) >= 11 is 7.84. The second kappa shape index (κ2) is 14.8. The van der Waals surface area contributed by atoms with E-state index in [4.69, 9.17) is 16.6 Å². The third-order valence-corrected chi connectivity index (χ3v) is 12.0. The molecule has 274 valence electrons. The SMILES string of the molecule is Cc1c(C#Cc2cnn(CCCC(C)/C=C/c3cccc4c3CN(C3CCC(C)NC3=O)C4=O)c2)sc2c1C(c1ccc(Cl)cc1)=NCc1nnc(C)n1-2. The minimum Gasteiger partial charge on any atom is -0.352 e. The van der Waals surface area contributed by atoms with Crippen molar-refractivity contribution in [3.63, 3.8) is 0 Å². The van der Waals surface area contributed by atoms with Crippen molar-refractivity contribution in [2.24, 2.45) is 10.9 Å². The Morgan fingerprint density at radius 2 is 1.93 bits per heavy atom. The molecule has 8 rings (SSSR count). The number of nitrogens with zero attached hydrogens (tertiary/aromatic N) is 7. The molecule has 2 amide bonds. The third kappa shape index (κ3) is 6.92. The topological polar surface area (TPSA) is 110 Å². The van der Waals surface area contributed by atoms with Crippen molar-refractivity contribution in [3.05, 3.63) is 121 Å². The Labute approximate surface area is 324 Å². The maximum absolute atomic E-state index is 13.3. The normalized spacial score (nSPS) is 18.4. The number of hydrogen-bond acceptors (Lipinski definition) is 7. The molecule has 5 aromatic rings. The molecule has 3 aromatic heterocycles. The molecule has 2 aromatic carbocycles. The summed E-state index contributed by atoms with van der Waals surface area (Å²) in [6.07, 6.45) is 11.7. The molecule has 10 nitrogen and oxygen atoms in total. The van der Waals surface area contributed by atoms with Crippen molar-refractivity contribution in [3.8, 4) is 16.8 Å². The Morgan fingerprint density at radius 3 is 2.74 bits per heavy atom. The van der Waals surface area contributed by atoms with E-state index in [1.165, 1.54) is 0 Å². The molecule has 0 radical (unpaired) electrons. The highest BCUT2D eigenvalue weighted by Crippen LogP contribution is 2.37. The molecular formula is C42H41ClN8O2S. The molecule has 3 unspecified atom stereocenters. The van der Waals surface area contributed by atoms with Crippen LogP contribution in [0.5, 0.6) is 0 Å². The van der Waals surface area contributed by atoms with Gasteiger partial charge in [-0.3, -0.25) is 23.8 Å². The number of aryl methyl sites for hydroxylation is 2. The highest BCUT2D eigenvalue weighted by molar-refractivity contribution is 7.15. The number of amides is 2. The quantitative estimate of drug-likeness (QED) is 0.167. The maximum atomic E-state index is 13.3. The number of thiophene rings is 1. The molecule has 1 fully saturated rings. The van der Waals surface area contributed by atoms with E-state index >= 15 is 0 Å². The Morgan fingerprint density at radius 1 is 1.09 bits per heavy atom. The van der Waals surface area contributed by atoms with E-state index in [9.17, 15) is 9.59 Å². The van der Waals surface area contributed by atoms with Crippen LogP contribution in [0.4, 0.5) is 0 Å². The lowest BCUT2D eigenvalue weighted by Gasteiger charge is -2.33. The summed E-state index contributed by atoms with van der Waals surface area (Å²) in [6, 6.07) is 13.4. The van der Waals surface area contributed by atoms with Crippen molar-refractivity contribution >= 4 is 46.5 Å². The van der Waals surface area contributed by atoms with Gasteiger partial charge in [0.1, 0.15) is 23.4 Å². The van der Waals surface area contributed by atoms with Gasteiger partial charge in [-0.05, 0) is 87.3 Å². The summed E-state index contributed by atoms with van der Waals surface area (Å²) in [4.78, 5) is 33.7. The van der Waals surface area contributed by atoms with Crippen LogP contribution in [-0.4, -0.2) is 59.1 Å². The lowest BCUT2D eigenvalue weighted by Crippen LogP contribution is -2.53. The van der Waals surface area contributed by atoms with E-state index in [1.807, 2.05) is 67.3 Å². The van der Waals surface area contributed by atoms with Crippen LogP contribution in [0.25, 0.3) is 11.1 Å². The summed E-state index contributed by atoms with van der Waals surface area (Å²) in [5.74, 6) is 8.63. The minimum absolute atomic E-state index is 0.0507. The number of aromatic nitrogens is 5. The van der Waals surface area contributed by atoms with Crippen LogP contribution in [0.3, 0.4) is 0 Å². The number of halogens is 1. The average molecular weight is 757 g/mol. The zero-order chi connectivity index (χ0) is 37.5. The number of fused-ring (bicyclic) bond motifs is 4. The van der Waals surface area contributed by atoms with Crippen LogP contribution in [-0.2, 0) is 24.4 Å². The van der Waals surface area contributed by atoms with Crippen molar-refractivity contribution in [2.45, 2.75) is 85.1 Å². The Hall–Kier alpha value is -5.31. The average Bonchev–Trinajstić information content (AvgIpc) is 3.90. The number of nitrogens with one attached hydrogen (secondary N) is 1. The van der Waals surface area contributed by atoms with Crippen molar-refractivity contribution in [2.75, 3.05) is 0 Å². The number of allylic oxidation sites excluding steroid dienone is 1. The van der Waals surface area contributed by atoms with Gasteiger partial charge >= 0.3 is 0 Å². The van der Waals surface area contributed by atoms with Crippen LogP contribution in [0, 0.1) is 31.6 Å². The number of benzene rings is 2. The van der Waals surface area contributed by atoms with Gasteiger partial charge in [0, 0.05) is 47.0 Å². The highest BCUT2D eigenvalue weighted by Gasteiger charge is 2.39. The monoisotopic (exact) mass is 756 g/mol. The van der Waals surface area contributed by atoms with Gasteiger partial charge in [0.15, 0.2) is 5.82 Å². The zero-order valence-corrected chi connectivity index (χ0v) is 32.3. The van der Waals surface area contributed by atoms with E-state index in [0.717, 1.165) is 86.4 Å². The van der Waals surface area contributed by atoms with Crippen LogP contribution in [0.1, 0.15) is 99.8 Å². The van der Waals surface area contributed by atoms with Crippen molar-refractivity contribution < 1.29 is 9.59 Å². The summed E-state index contributed by atoms with van der Waals surface area (Å²) in [5.41, 5.74) is 7.62. The Balaban J connectivity index is 0.913. The Bertz CT molecular complexity index is 2390. The molecule has 3 aliphatic heterocycles. The predicted octanol–water partition coefficient (Wildman–Crippen LogP) is 7.30. The van der Waals surface area contributed by atoms with Gasteiger partial charge in [-0.15, -0.1) is 21.5 Å². The third-order valence-electron chi connectivity index (χ3n) is 10.5. The smallest absolute Gasteiger partial charge is 0.255 e. The molecule has 3 aliphatic rings. The lowest BCUT2D eigenvalue weighted by molar-refractivity contribution is -0.128. The number of aliphatic imine (C=N–C) groups is 1. The zero-order valence-electron chi connectivity index (χ0n) is 30.8. The first kappa shape index (κ1) is 35.7. The molecule has 54 heavy (non-hydrogen) atoms. The molecular weight excluding hydrogens is 716 g/mol. The van der Waals surface area contributed by atoms with Gasteiger partial charge in [0.05, 0.1) is 22.3 Å². The first-order valence-electron chi connectivity index (χ1n) is 18.5. The molecule has 12 heteroatoms. The van der Waals surface area contributed by atoms with Crippen LogP contribution < -0.4 is 5.32 Å². The molecule has 0 bridgehead atoms. The van der Waals surface area contributed by atoms with Crippen LogP contribution >= 0.6 is 22.9 Å². The maximum Gasteiger partial charge on any atom is 0.255 e. The minimum atomic E-state index is -0.405. The second-order valence-electron chi connectivity index (χ2n) is 14.4. The van der Waals surface area contributed by atoms with E-state index < -0.39 is 6.04 Å². The molecule has 0 saturated carbocycles.